The molecule has 0 spiro atoms. The molecule has 3 fully saturated rings. The third-order valence-corrected chi connectivity index (χ3v) is 14.9. The van der Waals surface area contributed by atoms with Gasteiger partial charge in [0.1, 0.15) is 5.78 Å². The van der Waals surface area contributed by atoms with Gasteiger partial charge in [0.25, 0.3) is 5.91 Å². The molecule has 3 aromatic rings. The number of aliphatic carboxylic acids is 2. The summed E-state index contributed by atoms with van der Waals surface area (Å²) in [5.41, 5.74) is 5.57. The maximum absolute atomic E-state index is 13.9. The van der Waals surface area contributed by atoms with E-state index in [1.807, 2.05) is 45.7 Å². The molecule has 2 amide bonds. The second-order valence-electron chi connectivity index (χ2n) is 20.4. The quantitative estimate of drug-likeness (QED) is 0.0911. The first-order chi connectivity index (χ1) is 32.4. The number of fused-ring (bicyclic) bond motifs is 2. The number of nitrogens with one attached hydrogen (secondary N) is 3. The number of carboxylic acids is 2. The number of nitrogens with zero attached hydrogens (tertiary/aromatic N) is 6. The van der Waals surface area contributed by atoms with Crippen LogP contribution < -0.4 is 16.0 Å². The molecule has 6 rings (SSSR count). The van der Waals surface area contributed by atoms with Crippen LogP contribution >= 0.6 is 11.6 Å². The van der Waals surface area contributed by atoms with Gasteiger partial charge in [0, 0.05) is 82.1 Å². The number of hydrogen-bond acceptors (Lipinski definition) is 11. The number of amides is 2. The van der Waals surface area contributed by atoms with Crippen molar-refractivity contribution in [3.8, 4) is 11.3 Å². The fourth-order valence-corrected chi connectivity index (χ4v) is 10.8. The number of halogens is 1. The number of rotatable bonds is 21. The van der Waals surface area contributed by atoms with Crippen LogP contribution in [0.3, 0.4) is 0 Å². The van der Waals surface area contributed by atoms with Crippen molar-refractivity contribution in [2.45, 2.75) is 92.3 Å². The molecule has 2 bridgehead atoms. The molecule has 3 unspecified atom stereocenters. The molecule has 17 heteroatoms. The highest BCUT2D eigenvalue weighted by atomic mass is 35.5. The molecule has 0 radical (unpaired) electrons. The number of benzene rings is 2. The zero-order chi connectivity index (χ0) is 49.0. The van der Waals surface area contributed by atoms with E-state index in [4.69, 9.17) is 16.7 Å². The summed E-state index contributed by atoms with van der Waals surface area (Å²) in [4.78, 5) is 69.7. The van der Waals surface area contributed by atoms with E-state index in [1.54, 1.807) is 9.80 Å². The van der Waals surface area contributed by atoms with Gasteiger partial charge in [-0.25, -0.2) is 0 Å². The van der Waals surface area contributed by atoms with Crippen LogP contribution in [-0.4, -0.2) is 167 Å². The van der Waals surface area contributed by atoms with Gasteiger partial charge in [-0.15, -0.1) is 0 Å². The summed E-state index contributed by atoms with van der Waals surface area (Å²) < 4.78 is 1.92. The summed E-state index contributed by atoms with van der Waals surface area (Å²) in [6.07, 6.45) is 6.24. The van der Waals surface area contributed by atoms with Gasteiger partial charge in [-0.05, 0) is 104 Å². The lowest BCUT2D eigenvalue weighted by molar-refractivity contribution is -0.140. The van der Waals surface area contributed by atoms with E-state index >= 15 is 0 Å². The Balaban J connectivity index is 0.939. The minimum absolute atomic E-state index is 0.00676. The molecule has 5 N–H and O–H groups in total. The van der Waals surface area contributed by atoms with Crippen molar-refractivity contribution in [2.24, 2.45) is 16.7 Å². The molecule has 2 saturated carbocycles. The van der Waals surface area contributed by atoms with Crippen molar-refractivity contribution < 1.29 is 34.2 Å². The van der Waals surface area contributed by atoms with Gasteiger partial charge in [0.2, 0.25) is 5.91 Å². The lowest BCUT2D eigenvalue weighted by Gasteiger charge is -2.42. The van der Waals surface area contributed by atoms with Crippen LogP contribution in [0.2, 0.25) is 5.02 Å². The van der Waals surface area contributed by atoms with E-state index in [0.717, 1.165) is 73.1 Å². The number of ketones is 1. The molecular weight excluding hydrogens is 886 g/mol. The molecule has 372 valence electrons. The molecule has 2 heterocycles. The topological polar surface area (TPSA) is 193 Å². The molecule has 3 atom stereocenters. The number of carbonyl (C=O) groups is 5. The summed E-state index contributed by atoms with van der Waals surface area (Å²) in [6.45, 7) is 16.6. The third-order valence-electron chi connectivity index (χ3n) is 14.5. The Morgan fingerprint density at radius 3 is 1.88 bits per heavy atom. The van der Waals surface area contributed by atoms with Gasteiger partial charge < -0.3 is 26.2 Å². The third kappa shape index (κ3) is 14.9. The average molecular weight is 961 g/mol. The van der Waals surface area contributed by atoms with Crippen molar-refractivity contribution in [1.29, 1.82) is 0 Å². The first-order valence-corrected chi connectivity index (χ1v) is 24.8. The Bertz CT molecular complexity index is 2180. The van der Waals surface area contributed by atoms with Crippen LogP contribution in [0, 0.1) is 23.7 Å². The second kappa shape index (κ2) is 24.2. The van der Waals surface area contributed by atoms with Crippen LogP contribution in [0.25, 0.3) is 11.3 Å². The van der Waals surface area contributed by atoms with Gasteiger partial charge in [0.05, 0.1) is 38.4 Å². The van der Waals surface area contributed by atoms with E-state index in [2.05, 4.69) is 61.0 Å². The molecule has 1 aliphatic heterocycles. The number of Topliss-reactive ketones (excluding diaryl/α,β-unsaturated/α-hetero) is 1. The highest BCUT2D eigenvalue weighted by Crippen LogP contribution is 2.62. The van der Waals surface area contributed by atoms with Crippen molar-refractivity contribution in [2.75, 3.05) is 91.6 Å². The fourth-order valence-electron chi connectivity index (χ4n) is 10.7. The highest BCUT2D eigenvalue weighted by molar-refractivity contribution is 6.31. The van der Waals surface area contributed by atoms with Crippen LogP contribution in [0.15, 0.2) is 48.5 Å². The van der Waals surface area contributed by atoms with Crippen LogP contribution in [0.5, 0.6) is 0 Å². The van der Waals surface area contributed by atoms with E-state index in [-0.39, 0.29) is 60.6 Å². The lowest BCUT2D eigenvalue weighted by atomic mass is 9.68. The number of aryl methyl sites for hydroxylation is 1. The Kier molecular flexibility index (Phi) is 18.8. The average Bonchev–Trinajstić information content (AvgIpc) is 3.94. The molecule has 2 aromatic carbocycles. The maximum Gasteiger partial charge on any atom is 0.317 e. The van der Waals surface area contributed by atoms with Gasteiger partial charge in [-0.1, -0.05) is 69.1 Å². The van der Waals surface area contributed by atoms with Crippen LogP contribution in [-0.2, 0) is 32.3 Å². The second-order valence-corrected chi connectivity index (χ2v) is 20.8. The minimum atomic E-state index is -0.965. The SMILES string of the molecule is CC(=O)CN1CCN(CC(=O)O)CCN(CC(=O)O)CCN(CC(=O)NCCCCCNCc2ccc(Cn3nc(C(=O)NC4C5(C)CCC(C5)C4(C)C)cc3-c3ccc(Cl)c(C)c3)cc2)CC1. The van der Waals surface area contributed by atoms with Crippen molar-refractivity contribution >= 4 is 41.1 Å². The fraction of sp³-hybridized carbons (Fsp3) is 0.608. The summed E-state index contributed by atoms with van der Waals surface area (Å²) in [7, 11) is 0. The summed E-state index contributed by atoms with van der Waals surface area (Å²) in [6, 6.07) is 16.4. The van der Waals surface area contributed by atoms with E-state index < -0.39 is 11.9 Å². The van der Waals surface area contributed by atoms with Crippen LogP contribution in [0.1, 0.15) is 93.4 Å². The van der Waals surface area contributed by atoms with Crippen molar-refractivity contribution in [3.05, 3.63) is 75.9 Å². The molecule has 16 nitrogen and oxygen atoms in total. The smallest absolute Gasteiger partial charge is 0.317 e. The van der Waals surface area contributed by atoms with E-state index in [0.29, 0.717) is 82.1 Å². The van der Waals surface area contributed by atoms with Crippen molar-refractivity contribution in [1.82, 2.24) is 45.3 Å². The van der Waals surface area contributed by atoms with Gasteiger partial charge in [-0.2, -0.15) is 5.10 Å². The number of hydrogen-bond donors (Lipinski definition) is 5. The summed E-state index contributed by atoms with van der Waals surface area (Å²) >= 11 is 6.41. The van der Waals surface area contributed by atoms with Gasteiger partial charge in [0.15, 0.2) is 5.69 Å². The number of aromatic nitrogens is 2. The Morgan fingerprint density at radius 1 is 0.750 bits per heavy atom. The maximum atomic E-state index is 13.9. The Morgan fingerprint density at radius 2 is 1.32 bits per heavy atom. The molecule has 1 aromatic heterocycles. The number of carboxylic acid groups (broad SMARTS) is 2. The molecule has 1 saturated heterocycles. The molecule has 3 aliphatic rings. The largest absolute Gasteiger partial charge is 0.480 e. The van der Waals surface area contributed by atoms with Gasteiger partial charge >= 0.3 is 11.9 Å². The zero-order valence-corrected chi connectivity index (χ0v) is 41.6. The Labute approximate surface area is 407 Å². The predicted molar refractivity (Wildman–Crippen MR) is 264 cm³/mol. The van der Waals surface area contributed by atoms with Crippen LogP contribution in [0.4, 0.5) is 0 Å². The van der Waals surface area contributed by atoms with E-state index in [1.165, 1.54) is 13.3 Å². The first kappa shape index (κ1) is 52.7. The standard InChI is InChI=1S/C51H74ClN9O7/c1-36-27-40(13-14-42(36)52)44-28-43(48(68)55-49-50(3,4)41-15-16-51(49,5)29-41)56-61(44)32-39-11-9-38(10-12-39)30-53-17-7-6-8-18-54-45(63)33-58-21-19-57(31-37(2)62)20-23-59(34-46(64)65)25-26-60(24-22-58)35-47(66)67/h9-14,27-28,41,49,53H,6-8,15-26,29-35H2,1-5H3,(H,54,63)(H,55,68)(H,64,65)(H,66,67). The van der Waals surface area contributed by atoms with Crippen molar-refractivity contribution in [3.63, 3.8) is 0 Å². The number of unbranched alkanes of at least 4 members (excludes halogenated alkanes) is 2. The monoisotopic (exact) mass is 960 g/mol. The Hall–Kier alpha value is -4.71. The minimum Gasteiger partial charge on any atom is -0.480 e. The summed E-state index contributed by atoms with van der Waals surface area (Å²) in [5.74, 6) is -1.53. The molecular formula is C51H74ClN9O7. The molecule has 2 aliphatic carbocycles. The summed E-state index contributed by atoms with van der Waals surface area (Å²) in [5, 5.41) is 34.5. The normalized spacial score (nSPS) is 21.8. The predicted octanol–water partition coefficient (Wildman–Crippen LogP) is 4.86. The molecule has 68 heavy (non-hydrogen) atoms. The first-order valence-electron chi connectivity index (χ1n) is 24.4. The zero-order valence-electron chi connectivity index (χ0n) is 40.8. The van der Waals surface area contributed by atoms with E-state index in [9.17, 15) is 34.2 Å². The number of carbonyl (C=O) groups excluding carboxylic acids is 3. The lowest BCUT2D eigenvalue weighted by Crippen LogP contribution is -2.52. The van der Waals surface area contributed by atoms with Gasteiger partial charge in [-0.3, -0.25) is 48.3 Å². The highest BCUT2D eigenvalue weighted by Gasteiger charge is 2.59.